The van der Waals surface area contributed by atoms with Crippen LogP contribution in [0, 0.1) is 0 Å². The zero-order chi connectivity index (χ0) is 21.8. The van der Waals surface area contributed by atoms with Gasteiger partial charge in [0, 0.05) is 13.1 Å². The minimum Gasteiger partial charge on any atom is -0.303 e. The first-order valence-corrected chi connectivity index (χ1v) is 12.1. The van der Waals surface area contributed by atoms with Crippen molar-refractivity contribution in [2.45, 2.75) is 37.5 Å². The van der Waals surface area contributed by atoms with Gasteiger partial charge in [0.15, 0.2) is 0 Å². The summed E-state index contributed by atoms with van der Waals surface area (Å²) < 4.78 is 12.2. The molecule has 0 saturated heterocycles. The molecule has 0 fully saturated rings. The molecule has 0 aromatic heterocycles. The smallest absolute Gasteiger partial charge is 0.261 e. The number of rotatable bonds is 10. The van der Waals surface area contributed by atoms with E-state index < -0.39 is 10.8 Å². The Morgan fingerprint density at radius 1 is 0.935 bits per heavy atom. The molecule has 162 valence electrons. The minimum atomic E-state index is -1.14. The molecule has 4 rings (SSSR count). The lowest BCUT2D eigenvalue weighted by molar-refractivity contribution is 0.0650. The number of hydrogen-bond donors (Lipinski definition) is 0. The van der Waals surface area contributed by atoms with Crippen molar-refractivity contribution in [1.29, 1.82) is 0 Å². The van der Waals surface area contributed by atoms with Crippen molar-refractivity contribution in [2.75, 3.05) is 26.2 Å². The number of unbranched alkanes of at least 4 members (excludes halogenated alkanes) is 1. The summed E-state index contributed by atoms with van der Waals surface area (Å²) in [5.74, 6) is -0.363. The van der Waals surface area contributed by atoms with Crippen LogP contribution in [-0.4, -0.2) is 57.5 Å². The number of carbonyl (C=O) groups excluding carboxylic acids is 2. The van der Waals surface area contributed by atoms with Crippen LogP contribution < -0.4 is 0 Å². The molecule has 1 atom stereocenters. The Labute approximate surface area is 185 Å². The molecular formula is C24H27N3O3S. The molecule has 2 aliphatic rings. The molecule has 0 spiro atoms. The van der Waals surface area contributed by atoms with E-state index >= 15 is 0 Å². The molecule has 2 heterocycles. The van der Waals surface area contributed by atoms with Crippen LogP contribution in [0.25, 0.3) is 0 Å². The van der Waals surface area contributed by atoms with Gasteiger partial charge in [0.05, 0.1) is 38.1 Å². The number of hydrogen-bond acceptors (Lipinski definition) is 5. The van der Waals surface area contributed by atoms with E-state index in [1.807, 2.05) is 18.2 Å². The molecule has 31 heavy (non-hydrogen) atoms. The van der Waals surface area contributed by atoms with Crippen LogP contribution in [0.4, 0.5) is 5.69 Å². The monoisotopic (exact) mass is 437 g/mol. The summed E-state index contributed by atoms with van der Waals surface area (Å²) in [5.41, 5.74) is 4.45. The summed E-state index contributed by atoms with van der Waals surface area (Å²) in [5, 5.41) is 0. The molecule has 2 aromatic carbocycles. The fourth-order valence-corrected chi connectivity index (χ4v) is 5.31. The second kappa shape index (κ2) is 9.66. The molecule has 2 amide bonds. The zero-order valence-electron chi connectivity index (χ0n) is 17.8. The Kier molecular flexibility index (Phi) is 6.73. The van der Waals surface area contributed by atoms with E-state index in [1.165, 1.54) is 10.4 Å². The van der Waals surface area contributed by atoms with E-state index in [0.717, 1.165) is 61.5 Å². The first-order valence-electron chi connectivity index (χ1n) is 10.8. The molecule has 0 aliphatic carbocycles. The van der Waals surface area contributed by atoms with Crippen molar-refractivity contribution in [3.8, 4) is 0 Å². The Hall–Kier alpha value is -2.64. The predicted molar refractivity (Wildman–Crippen MR) is 122 cm³/mol. The number of amides is 2. The summed E-state index contributed by atoms with van der Waals surface area (Å²) in [6.45, 7) is 5.39. The topological polar surface area (TPSA) is 70.1 Å². The molecule has 2 aliphatic heterocycles. The van der Waals surface area contributed by atoms with Gasteiger partial charge in [0.25, 0.3) is 11.8 Å². The summed E-state index contributed by atoms with van der Waals surface area (Å²) >= 11 is 0. The normalized spacial score (nSPS) is 17.0. The van der Waals surface area contributed by atoms with Crippen LogP contribution in [0.15, 0.2) is 52.4 Å². The maximum Gasteiger partial charge on any atom is 0.261 e. The van der Waals surface area contributed by atoms with Gasteiger partial charge < -0.3 is 4.90 Å². The van der Waals surface area contributed by atoms with Crippen molar-refractivity contribution in [1.82, 2.24) is 9.80 Å². The quantitative estimate of drug-likeness (QED) is 0.419. The summed E-state index contributed by atoms with van der Waals surface area (Å²) in [6, 6.07) is 12.9. The van der Waals surface area contributed by atoms with Crippen molar-refractivity contribution in [3.63, 3.8) is 0 Å². The number of nitrogens with zero attached hydrogens (tertiary/aromatic N) is 3. The van der Waals surface area contributed by atoms with Gasteiger partial charge in [-0.2, -0.15) is 0 Å². The maximum absolute atomic E-state index is 12.5. The Morgan fingerprint density at radius 2 is 1.68 bits per heavy atom. The fourth-order valence-electron chi connectivity index (χ4n) is 4.24. The molecule has 0 bridgehead atoms. The van der Waals surface area contributed by atoms with Crippen molar-refractivity contribution in [2.24, 2.45) is 4.99 Å². The van der Waals surface area contributed by atoms with Gasteiger partial charge in [-0.1, -0.05) is 31.2 Å². The molecule has 6 nitrogen and oxygen atoms in total. The summed E-state index contributed by atoms with van der Waals surface area (Å²) in [4.78, 5) is 33.8. The summed E-state index contributed by atoms with van der Waals surface area (Å²) in [7, 11) is -1.14. The Balaban J connectivity index is 1.28. The molecule has 2 aromatic rings. The van der Waals surface area contributed by atoms with E-state index in [0.29, 0.717) is 17.7 Å². The highest BCUT2D eigenvalue weighted by molar-refractivity contribution is 7.99. The summed E-state index contributed by atoms with van der Waals surface area (Å²) in [6.07, 6.45) is 3.58. The largest absolute Gasteiger partial charge is 0.303 e. The highest BCUT2D eigenvalue weighted by Crippen LogP contribution is 2.31. The van der Waals surface area contributed by atoms with Gasteiger partial charge in [-0.3, -0.25) is 14.5 Å². The van der Waals surface area contributed by atoms with Crippen LogP contribution in [0.3, 0.4) is 0 Å². The van der Waals surface area contributed by atoms with Crippen LogP contribution >= 0.6 is 0 Å². The highest BCUT2D eigenvalue weighted by atomic mass is 32.2. The third kappa shape index (κ3) is 4.52. The third-order valence-corrected chi connectivity index (χ3v) is 6.96. The first-order chi connectivity index (χ1) is 15.1. The third-order valence-electron chi connectivity index (χ3n) is 5.79. The van der Waals surface area contributed by atoms with Gasteiger partial charge in [-0.15, -0.1) is 0 Å². The standard InChI is InChI=1S/C24H27N3O3S/c1-2-13-26(16-12-18-8-7-11-21-22(18)31(30)17-25-21)14-5-6-15-27-23(28)19-9-3-4-10-20(19)24(27)29/h3-4,7-11,17H,2,5-6,12-16H2,1H3. The number of carbonyl (C=O) groups is 2. The van der Waals surface area contributed by atoms with Gasteiger partial charge in [-0.25, -0.2) is 9.20 Å². The van der Waals surface area contributed by atoms with E-state index in [1.54, 1.807) is 24.3 Å². The first kappa shape index (κ1) is 21.6. The molecular weight excluding hydrogens is 410 g/mol. The number of fused-ring (bicyclic) bond motifs is 2. The van der Waals surface area contributed by atoms with E-state index in [2.05, 4.69) is 16.8 Å². The lowest BCUT2D eigenvalue weighted by atomic mass is 10.1. The van der Waals surface area contributed by atoms with Gasteiger partial charge in [0.1, 0.15) is 0 Å². The number of benzene rings is 2. The molecule has 7 heteroatoms. The minimum absolute atomic E-state index is 0.181. The maximum atomic E-state index is 12.5. The van der Waals surface area contributed by atoms with E-state index in [-0.39, 0.29) is 11.8 Å². The van der Waals surface area contributed by atoms with Crippen molar-refractivity contribution >= 4 is 33.8 Å². The zero-order valence-corrected chi connectivity index (χ0v) is 18.6. The molecule has 0 saturated carbocycles. The lowest BCUT2D eigenvalue weighted by Crippen LogP contribution is -2.32. The molecule has 0 radical (unpaired) electrons. The van der Waals surface area contributed by atoms with Gasteiger partial charge in [0.2, 0.25) is 0 Å². The van der Waals surface area contributed by atoms with E-state index in [4.69, 9.17) is 0 Å². The van der Waals surface area contributed by atoms with Crippen molar-refractivity contribution < 1.29 is 13.8 Å². The van der Waals surface area contributed by atoms with E-state index in [9.17, 15) is 13.8 Å². The highest BCUT2D eigenvalue weighted by Gasteiger charge is 2.34. The lowest BCUT2D eigenvalue weighted by Gasteiger charge is -2.22. The van der Waals surface area contributed by atoms with Crippen LogP contribution in [0.5, 0.6) is 0 Å². The van der Waals surface area contributed by atoms with Crippen molar-refractivity contribution in [3.05, 3.63) is 59.2 Å². The predicted octanol–water partition coefficient (Wildman–Crippen LogP) is 3.80. The number of imide groups is 1. The van der Waals surface area contributed by atoms with Crippen LogP contribution in [0.2, 0.25) is 0 Å². The molecule has 1 unspecified atom stereocenters. The Morgan fingerprint density at radius 3 is 2.39 bits per heavy atom. The number of aliphatic imine (C=N–C) groups is 1. The SMILES string of the molecule is CCCN(CCCCN1C(=O)c2ccccc2C1=O)CCc1cccc2c1S(=O)C=N2. The van der Waals surface area contributed by atoms with Crippen LogP contribution in [0.1, 0.15) is 52.5 Å². The second-order valence-electron chi connectivity index (χ2n) is 7.90. The average molecular weight is 438 g/mol. The van der Waals surface area contributed by atoms with Gasteiger partial charge in [-0.05, 0) is 62.5 Å². The van der Waals surface area contributed by atoms with Crippen LogP contribution in [-0.2, 0) is 17.2 Å². The second-order valence-corrected chi connectivity index (χ2v) is 9.12. The van der Waals surface area contributed by atoms with Gasteiger partial charge >= 0.3 is 0 Å². The average Bonchev–Trinajstić information content (AvgIpc) is 3.28. The molecule has 0 N–H and O–H groups in total. The fraction of sp³-hybridized carbons (Fsp3) is 0.375. The Bertz CT molecular complexity index is 1020.